The van der Waals surface area contributed by atoms with E-state index in [1.807, 2.05) is 0 Å². The van der Waals surface area contributed by atoms with Gasteiger partial charge in [0, 0.05) is 0 Å². The molecule has 0 nitrogen and oxygen atoms in total. The Morgan fingerprint density at radius 3 is 2.38 bits per heavy atom. The van der Waals surface area contributed by atoms with E-state index in [9.17, 15) is 0 Å². The van der Waals surface area contributed by atoms with Crippen LogP contribution in [0.15, 0.2) is 58.7 Å². The molecular weight excluding hydrogens is 288 g/mol. The van der Waals surface area contributed by atoms with Crippen molar-refractivity contribution in [1.82, 2.24) is 0 Å². The number of unbranched alkanes of at least 4 members (excludes halogenated alkanes) is 1. The first-order valence-corrected chi connectivity index (χ1v) is 9.53. The summed E-state index contributed by atoms with van der Waals surface area (Å²) in [6.45, 7) is 19.9. The first-order chi connectivity index (χ1) is 11.1. The van der Waals surface area contributed by atoms with Crippen molar-refractivity contribution in [3.63, 3.8) is 0 Å². The van der Waals surface area contributed by atoms with Gasteiger partial charge in [0.05, 0.1) is 0 Å². The molecule has 0 heteroatoms. The number of allylic oxidation sites excluding steroid dienone is 9. The molecule has 24 heavy (non-hydrogen) atoms. The fourth-order valence-electron chi connectivity index (χ4n) is 3.37. The topological polar surface area (TPSA) is 0 Å². The van der Waals surface area contributed by atoms with Crippen molar-refractivity contribution in [2.45, 2.75) is 80.6 Å². The highest BCUT2D eigenvalue weighted by molar-refractivity contribution is 5.33. The maximum atomic E-state index is 3.99. The minimum absolute atomic E-state index is 0.334. The van der Waals surface area contributed by atoms with E-state index in [-0.39, 0.29) is 0 Å². The maximum absolute atomic E-state index is 3.99. The Bertz CT molecular complexity index is 561. The predicted molar refractivity (Wildman–Crippen MR) is 110 cm³/mol. The lowest BCUT2D eigenvalue weighted by molar-refractivity contribution is 0.376. The third-order valence-corrected chi connectivity index (χ3v) is 5.57. The van der Waals surface area contributed by atoms with E-state index >= 15 is 0 Å². The van der Waals surface area contributed by atoms with Crippen LogP contribution in [0.2, 0.25) is 0 Å². The summed E-state index contributed by atoms with van der Waals surface area (Å²) in [5, 5.41) is 0. The molecule has 1 atom stereocenters. The van der Waals surface area contributed by atoms with Gasteiger partial charge in [0.1, 0.15) is 0 Å². The first kappa shape index (κ1) is 20.7. The molecule has 0 spiro atoms. The van der Waals surface area contributed by atoms with Gasteiger partial charge in [-0.05, 0) is 76.7 Å². The zero-order valence-electron chi connectivity index (χ0n) is 17.1. The van der Waals surface area contributed by atoms with Crippen molar-refractivity contribution in [2.75, 3.05) is 0 Å². The van der Waals surface area contributed by atoms with Crippen LogP contribution in [0.1, 0.15) is 80.6 Å². The average Bonchev–Trinajstić information content (AvgIpc) is 2.49. The van der Waals surface area contributed by atoms with E-state index in [0.717, 1.165) is 12.8 Å². The molecule has 0 bridgehead atoms. The summed E-state index contributed by atoms with van der Waals surface area (Å²) >= 11 is 0. The van der Waals surface area contributed by atoms with Crippen molar-refractivity contribution >= 4 is 0 Å². The van der Waals surface area contributed by atoms with Gasteiger partial charge in [-0.2, -0.15) is 0 Å². The molecule has 0 aromatic rings. The molecule has 1 aliphatic rings. The summed E-state index contributed by atoms with van der Waals surface area (Å²) in [5.41, 5.74) is 7.44. The third-order valence-electron chi connectivity index (χ3n) is 5.57. The van der Waals surface area contributed by atoms with Crippen LogP contribution in [-0.4, -0.2) is 0 Å². The van der Waals surface area contributed by atoms with Crippen molar-refractivity contribution in [2.24, 2.45) is 11.3 Å². The summed E-state index contributed by atoms with van der Waals surface area (Å²) in [6.07, 6.45) is 15.6. The number of hydrogen-bond acceptors (Lipinski definition) is 0. The molecule has 0 amide bonds. The van der Waals surface area contributed by atoms with Crippen LogP contribution in [0.3, 0.4) is 0 Å². The lowest BCUT2D eigenvalue weighted by Crippen LogP contribution is -2.19. The molecule has 1 unspecified atom stereocenters. The van der Waals surface area contributed by atoms with E-state index in [2.05, 4.69) is 79.3 Å². The van der Waals surface area contributed by atoms with Crippen LogP contribution in [0.5, 0.6) is 0 Å². The zero-order chi connectivity index (χ0) is 18.3. The molecule has 0 aliphatic heterocycles. The molecule has 0 fully saturated rings. The monoisotopic (exact) mass is 326 g/mol. The lowest BCUT2D eigenvalue weighted by atomic mass is 9.72. The van der Waals surface area contributed by atoms with Gasteiger partial charge in [-0.15, -0.1) is 0 Å². The average molecular weight is 327 g/mol. The number of rotatable bonds is 7. The molecule has 0 saturated heterocycles. The highest BCUT2D eigenvalue weighted by atomic mass is 14.3. The quantitative estimate of drug-likeness (QED) is 0.253. The molecule has 0 saturated carbocycles. The van der Waals surface area contributed by atoms with Crippen LogP contribution in [0.4, 0.5) is 0 Å². The smallest absolute Gasteiger partial charge is 0.00512 e. The van der Waals surface area contributed by atoms with Crippen molar-refractivity contribution < 1.29 is 0 Å². The van der Waals surface area contributed by atoms with E-state index in [4.69, 9.17) is 0 Å². The third kappa shape index (κ3) is 6.30. The van der Waals surface area contributed by atoms with Crippen LogP contribution >= 0.6 is 0 Å². The lowest BCUT2D eigenvalue weighted by Gasteiger charge is -2.33. The van der Waals surface area contributed by atoms with Crippen molar-refractivity contribution in [3.05, 3.63) is 58.7 Å². The number of hydrogen-bond donors (Lipinski definition) is 0. The molecule has 0 radical (unpaired) electrons. The van der Waals surface area contributed by atoms with Gasteiger partial charge in [0.15, 0.2) is 0 Å². The highest BCUT2D eigenvalue weighted by Gasteiger charge is 2.26. The van der Waals surface area contributed by atoms with E-state index in [1.54, 1.807) is 11.1 Å². The Balaban J connectivity index is 2.66. The van der Waals surface area contributed by atoms with Crippen molar-refractivity contribution in [1.29, 1.82) is 0 Å². The van der Waals surface area contributed by atoms with Crippen molar-refractivity contribution in [3.8, 4) is 0 Å². The molecule has 1 rings (SSSR count). The second-order valence-corrected chi connectivity index (χ2v) is 8.27. The maximum Gasteiger partial charge on any atom is -0.00512 e. The van der Waals surface area contributed by atoms with Crippen LogP contribution in [0.25, 0.3) is 0 Å². The highest BCUT2D eigenvalue weighted by Crippen LogP contribution is 2.40. The van der Waals surface area contributed by atoms with Gasteiger partial charge < -0.3 is 0 Å². The molecule has 0 heterocycles. The van der Waals surface area contributed by atoms with E-state index < -0.39 is 0 Å². The minimum Gasteiger partial charge on any atom is -0.0959 e. The predicted octanol–water partition coefficient (Wildman–Crippen LogP) is 7.95. The zero-order valence-corrected chi connectivity index (χ0v) is 17.1. The molecule has 0 aromatic heterocycles. The first-order valence-electron chi connectivity index (χ1n) is 9.53. The second kappa shape index (κ2) is 9.25. The summed E-state index contributed by atoms with van der Waals surface area (Å²) in [5.74, 6) is 0.509. The summed E-state index contributed by atoms with van der Waals surface area (Å²) < 4.78 is 0. The standard InChI is InChI=1S/C24H38/c1-18(2)19(3)12-9-10-13-20(4)21(5)15-16-23-22(6)14-11-17-24(23,7)8/h12-13,15-16,21H,1,9-11,14,17H2,2-8H3/b16-15+,19-12?,20-13?. The SMILES string of the molecule is C=C(C)C(C)=CCCC=C(C)C(C)/C=C/C1=C(C)CCCC1(C)C. The normalized spacial score (nSPS) is 20.6. The Labute approximate surface area is 151 Å². The largest absolute Gasteiger partial charge is 0.0959 e. The molecule has 0 aromatic carbocycles. The van der Waals surface area contributed by atoms with Gasteiger partial charge in [0.25, 0.3) is 0 Å². The molecular formula is C24H38. The Hall–Kier alpha value is -1.30. The van der Waals surface area contributed by atoms with Gasteiger partial charge in [0.2, 0.25) is 0 Å². The van der Waals surface area contributed by atoms with Crippen LogP contribution in [-0.2, 0) is 0 Å². The van der Waals surface area contributed by atoms with Gasteiger partial charge in [-0.25, -0.2) is 0 Å². The summed E-state index contributed by atoms with van der Waals surface area (Å²) in [4.78, 5) is 0. The molecule has 1 aliphatic carbocycles. The van der Waals surface area contributed by atoms with Crippen LogP contribution < -0.4 is 0 Å². The van der Waals surface area contributed by atoms with E-state index in [1.165, 1.54) is 36.0 Å². The fraction of sp³-hybridized carbons (Fsp3) is 0.583. The van der Waals surface area contributed by atoms with Gasteiger partial charge in [-0.3, -0.25) is 0 Å². The Morgan fingerprint density at radius 1 is 1.17 bits per heavy atom. The molecule has 134 valence electrons. The van der Waals surface area contributed by atoms with Crippen LogP contribution in [0, 0.1) is 11.3 Å². The summed E-state index contributed by atoms with van der Waals surface area (Å²) in [6, 6.07) is 0. The molecule has 0 N–H and O–H groups in total. The Morgan fingerprint density at radius 2 is 1.79 bits per heavy atom. The second-order valence-electron chi connectivity index (χ2n) is 8.27. The Kier molecular flexibility index (Phi) is 8.00. The fourth-order valence-corrected chi connectivity index (χ4v) is 3.37. The van der Waals surface area contributed by atoms with Gasteiger partial charge >= 0.3 is 0 Å². The minimum atomic E-state index is 0.334. The van der Waals surface area contributed by atoms with E-state index in [0.29, 0.717) is 11.3 Å². The summed E-state index contributed by atoms with van der Waals surface area (Å²) in [7, 11) is 0. The van der Waals surface area contributed by atoms with Gasteiger partial charge in [-0.1, -0.05) is 73.9 Å².